The minimum absolute atomic E-state index is 0.161. The summed E-state index contributed by atoms with van der Waals surface area (Å²) in [6.07, 6.45) is 6.10. The van der Waals surface area contributed by atoms with Gasteiger partial charge < -0.3 is 5.32 Å². The molecule has 0 amide bonds. The predicted octanol–water partition coefficient (Wildman–Crippen LogP) is 3.20. The predicted molar refractivity (Wildman–Crippen MR) is 68.2 cm³/mol. The maximum absolute atomic E-state index is 12.7. The van der Waals surface area contributed by atoms with Crippen molar-refractivity contribution < 1.29 is 4.39 Å². The maximum Gasteiger partial charge on any atom is 0.123 e. The molecule has 0 aliphatic heterocycles. The maximum atomic E-state index is 12.7. The monoisotopic (exact) mass is 239 g/mol. The molecule has 1 aromatic carbocycles. The fraction of sp³-hybridized carbons (Fsp3) is 0.538. The molecule has 2 rings (SSSR count). The van der Waals surface area contributed by atoms with Gasteiger partial charge in [0.1, 0.15) is 5.82 Å². The minimum atomic E-state index is -0.161. The normalized spacial score (nSPS) is 24.9. The van der Waals surface area contributed by atoms with E-state index in [-0.39, 0.29) is 5.82 Å². The highest BCUT2D eigenvalue weighted by Gasteiger charge is 2.25. The summed E-state index contributed by atoms with van der Waals surface area (Å²) in [4.78, 5) is 0. The first-order valence-corrected chi connectivity index (χ1v) is 7.09. The number of thioether (sulfide) groups is 1. The van der Waals surface area contributed by atoms with Crippen molar-refractivity contribution in [1.29, 1.82) is 0 Å². The quantitative estimate of drug-likeness (QED) is 0.866. The lowest BCUT2D eigenvalue weighted by atomic mass is 10.2. The first-order valence-electron chi connectivity index (χ1n) is 5.80. The first-order chi connectivity index (χ1) is 7.79. The Hall–Kier alpha value is -0.540. The van der Waals surface area contributed by atoms with E-state index in [2.05, 4.69) is 11.6 Å². The van der Waals surface area contributed by atoms with Crippen LogP contribution in [0.25, 0.3) is 0 Å². The Balaban J connectivity index is 1.85. The standard InChI is InChI=1S/C13H18FNS/c1-16-13-4-2-3-12(13)15-9-10-5-7-11(14)8-6-10/h5-8,12-13,15H,2-4,9H2,1H3. The topological polar surface area (TPSA) is 12.0 Å². The summed E-state index contributed by atoms with van der Waals surface area (Å²) in [5, 5.41) is 4.33. The zero-order valence-corrected chi connectivity index (χ0v) is 10.4. The fourth-order valence-corrected chi connectivity index (χ4v) is 3.26. The van der Waals surface area contributed by atoms with Gasteiger partial charge in [0.05, 0.1) is 0 Å². The van der Waals surface area contributed by atoms with Crippen LogP contribution < -0.4 is 5.32 Å². The van der Waals surface area contributed by atoms with Crippen molar-refractivity contribution >= 4 is 11.8 Å². The second-order valence-electron chi connectivity index (χ2n) is 4.32. The van der Waals surface area contributed by atoms with Crippen LogP contribution in [0, 0.1) is 5.82 Å². The Morgan fingerprint density at radius 3 is 2.75 bits per heavy atom. The van der Waals surface area contributed by atoms with E-state index in [0.29, 0.717) is 6.04 Å². The van der Waals surface area contributed by atoms with Gasteiger partial charge in [-0.25, -0.2) is 4.39 Å². The number of benzene rings is 1. The molecule has 1 saturated carbocycles. The van der Waals surface area contributed by atoms with Crippen LogP contribution in [0.2, 0.25) is 0 Å². The van der Waals surface area contributed by atoms with Crippen LogP contribution in [0.4, 0.5) is 4.39 Å². The van der Waals surface area contributed by atoms with Crippen LogP contribution >= 0.6 is 11.8 Å². The van der Waals surface area contributed by atoms with E-state index < -0.39 is 0 Å². The van der Waals surface area contributed by atoms with Crippen molar-refractivity contribution in [2.24, 2.45) is 0 Å². The molecular weight excluding hydrogens is 221 g/mol. The van der Waals surface area contributed by atoms with Gasteiger partial charge in [-0.05, 0) is 36.8 Å². The van der Waals surface area contributed by atoms with E-state index in [1.54, 1.807) is 0 Å². The number of rotatable bonds is 4. The van der Waals surface area contributed by atoms with Crippen LogP contribution in [0.15, 0.2) is 24.3 Å². The molecule has 16 heavy (non-hydrogen) atoms. The van der Waals surface area contributed by atoms with Crippen LogP contribution in [-0.2, 0) is 6.54 Å². The van der Waals surface area contributed by atoms with Gasteiger partial charge in [0.2, 0.25) is 0 Å². The molecule has 88 valence electrons. The molecule has 0 bridgehead atoms. The van der Waals surface area contributed by atoms with Crippen molar-refractivity contribution in [3.63, 3.8) is 0 Å². The summed E-state index contributed by atoms with van der Waals surface area (Å²) >= 11 is 1.96. The summed E-state index contributed by atoms with van der Waals surface area (Å²) in [5.41, 5.74) is 1.16. The highest BCUT2D eigenvalue weighted by molar-refractivity contribution is 7.99. The lowest BCUT2D eigenvalue weighted by molar-refractivity contribution is 0.531. The molecule has 1 fully saturated rings. The third kappa shape index (κ3) is 2.98. The fourth-order valence-electron chi connectivity index (χ4n) is 2.29. The smallest absolute Gasteiger partial charge is 0.123 e. The van der Waals surface area contributed by atoms with E-state index in [1.807, 2.05) is 23.9 Å². The van der Waals surface area contributed by atoms with E-state index in [4.69, 9.17) is 0 Å². The van der Waals surface area contributed by atoms with Crippen LogP contribution in [0.5, 0.6) is 0 Å². The number of halogens is 1. The van der Waals surface area contributed by atoms with Crippen molar-refractivity contribution in [1.82, 2.24) is 5.32 Å². The van der Waals surface area contributed by atoms with E-state index in [9.17, 15) is 4.39 Å². The van der Waals surface area contributed by atoms with Crippen molar-refractivity contribution in [2.75, 3.05) is 6.26 Å². The van der Waals surface area contributed by atoms with Gasteiger partial charge in [-0.2, -0.15) is 11.8 Å². The molecule has 2 unspecified atom stereocenters. The van der Waals surface area contributed by atoms with Gasteiger partial charge in [-0.3, -0.25) is 0 Å². The highest BCUT2D eigenvalue weighted by atomic mass is 32.2. The van der Waals surface area contributed by atoms with Crippen LogP contribution in [0.3, 0.4) is 0 Å². The summed E-state index contributed by atoms with van der Waals surface area (Å²) in [7, 11) is 0. The molecule has 1 N–H and O–H groups in total. The molecule has 0 heterocycles. The molecule has 2 atom stereocenters. The highest BCUT2D eigenvalue weighted by Crippen LogP contribution is 2.28. The molecular formula is C13H18FNS. The molecule has 0 spiro atoms. The van der Waals surface area contributed by atoms with Gasteiger partial charge >= 0.3 is 0 Å². The zero-order chi connectivity index (χ0) is 11.4. The van der Waals surface area contributed by atoms with Gasteiger partial charge in [0.25, 0.3) is 0 Å². The Morgan fingerprint density at radius 1 is 1.31 bits per heavy atom. The second kappa shape index (κ2) is 5.69. The third-order valence-corrected chi connectivity index (χ3v) is 4.41. The molecule has 1 nitrogen and oxygen atoms in total. The zero-order valence-electron chi connectivity index (χ0n) is 9.58. The summed E-state index contributed by atoms with van der Waals surface area (Å²) in [6.45, 7) is 0.849. The lowest BCUT2D eigenvalue weighted by Gasteiger charge is -2.19. The van der Waals surface area contributed by atoms with Crippen LogP contribution in [-0.4, -0.2) is 17.5 Å². The second-order valence-corrected chi connectivity index (χ2v) is 5.40. The minimum Gasteiger partial charge on any atom is -0.309 e. The number of hydrogen-bond acceptors (Lipinski definition) is 2. The average Bonchev–Trinajstić information content (AvgIpc) is 2.76. The summed E-state index contributed by atoms with van der Waals surface area (Å²) in [5.74, 6) is -0.161. The number of nitrogens with one attached hydrogen (secondary N) is 1. The van der Waals surface area contributed by atoms with Gasteiger partial charge in [0.15, 0.2) is 0 Å². The molecule has 0 aromatic heterocycles. The Morgan fingerprint density at radius 2 is 2.06 bits per heavy atom. The SMILES string of the molecule is CSC1CCCC1NCc1ccc(F)cc1. The van der Waals surface area contributed by atoms with Crippen molar-refractivity contribution in [3.8, 4) is 0 Å². The molecule has 0 saturated heterocycles. The first kappa shape index (κ1) is 11.9. The molecule has 3 heteroatoms. The molecule has 1 aliphatic carbocycles. The molecule has 1 aliphatic rings. The lowest BCUT2D eigenvalue weighted by Crippen LogP contribution is -2.33. The molecule has 0 radical (unpaired) electrons. The average molecular weight is 239 g/mol. The Kier molecular flexibility index (Phi) is 4.24. The summed E-state index contributed by atoms with van der Waals surface area (Å²) in [6, 6.07) is 7.38. The van der Waals surface area contributed by atoms with Crippen molar-refractivity contribution in [3.05, 3.63) is 35.6 Å². The van der Waals surface area contributed by atoms with Gasteiger partial charge in [0, 0.05) is 17.8 Å². The van der Waals surface area contributed by atoms with E-state index >= 15 is 0 Å². The molecule has 1 aromatic rings. The van der Waals surface area contributed by atoms with Crippen molar-refractivity contribution in [2.45, 2.75) is 37.1 Å². The Bertz CT molecular complexity index is 325. The Labute approximate surface area is 101 Å². The number of hydrogen-bond donors (Lipinski definition) is 1. The largest absolute Gasteiger partial charge is 0.309 e. The van der Waals surface area contributed by atoms with E-state index in [0.717, 1.165) is 17.4 Å². The van der Waals surface area contributed by atoms with Crippen LogP contribution in [0.1, 0.15) is 24.8 Å². The summed E-state index contributed by atoms with van der Waals surface area (Å²) < 4.78 is 12.7. The van der Waals surface area contributed by atoms with E-state index in [1.165, 1.54) is 31.4 Å². The third-order valence-electron chi connectivity index (χ3n) is 3.24. The van der Waals surface area contributed by atoms with Gasteiger partial charge in [-0.15, -0.1) is 0 Å². The van der Waals surface area contributed by atoms with Gasteiger partial charge in [-0.1, -0.05) is 18.6 Å².